The minimum Gasteiger partial charge on any atom is -0.481 e. The molecular formula is C26H48O9. The molecule has 4 N–H and O–H groups in total. The molecule has 5 atom stereocenters. The Bertz CT molecular complexity index is 557. The number of hydrogen-bond acceptors (Lipinski definition) is 8. The van der Waals surface area contributed by atoms with Crippen molar-refractivity contribution in [2.75, 3.05) is 13.2 Å². The molecule has 1 aliphatic heterocycles. The van der Waals surface area contributed by atoms with E-state index in [1.807, 2.05) is 0 Å². The number of carboxylic acid groups (broad SMARTS) is 1. The molecule has 0 aromatic rings. The van der Waals surface area contributed by atoms with Crippen molar-refractivity contribution in [2.24, 2.45) is 0 Å². The minimum atomic E-state index is -1.26. The lowest BCUT2D eigenvalue weighted by Gasteiger charge is -2.38. The van der Waals surface area contributed by atoms with Crippen LogP contribution >= 0.6 is 0 Å². The molecule has 206 valence electrons. The number of carbonyl (C=O) groups is 2. The number of unbranched alkanes of at least 4 members (excludes halogenated alkanes) is 12. The molecule has 0 saturated carbocycles. The van der Waals surface area contributed by atoms with E-state index < -0.39 is 36.7 Å². The Balaban J connectivity index is 1.83. The maximum atomic E-state index is 11.8. The summed E-state index contributed by atoms with van der Waals surface area (Å²) in [7, 11) is 0. The zero-order valence-corrected chi connectivity index (χ0v) is 21.4. The zero-order valence-electron chi connectivity index (χ0n) is 21.4. The standard InChI is InChI=1S/C26H48O9/c1-20-23(30)24(31)25(32)26(35-20)34-19-15-11-7-3-5-9-13-17-22(29)33-18-14-10-6-2-4-8-12-16-21(27)28/h20,23-26,30-32H,2-19H2,1H3,(H,27,28). The highest BCUT2D eigenvalue weighted by atomic mass is 16.7. The predicted octanol–water partition coefficient (Wildman–Crippen LogP) is 3.70. The highest BCUT2D eigenvalue weighted by molar-refractivity contribution is 5.69. The smallest absolute Gasteiger partial charge is 0.305 e. The Hall–Kier alpha value is -1.26. The molecule has 0 aromatic heterocycles. The van der Waals surface area contributed by atoms with Crippen molar-refractivity contribution >= 4 is 11.9 Å². The van der Waals surface area contributed by atoms with Gasteiger partial charge < -0.3 is 34.6 Å². The molecule has 1 heterocycles. The van der Waals surface area contributed by atoms with E-state index in [0.717, 1.165) is 89.9 Å². The summed E-state index contributed by atoms with van der Waals surface area (Å²) >= 11 is 0. The third-order valence-electron chi connectivity index (χ3n) is 6.41. The topological polar surface area (TPSA) is 143 Å². The Morgan fingerprint density at radius 1 is 0.657 bits per heavy atom. The van der Waals surface area contributed by atoms with E-state index in [9.17, 15) is 24.9 Å². The number of carbonyl (C=O) groups excluding carboxylic acids is 1. The van der Waals surface area contributed by atoms with Crippen LogP contribution in [0.25, 0.3) is 0 Å². The third kappa shape index (κ3) is 15.5. The first-order valence-corrected chi connectivity index (χ1v) is 13.5. The first-order valence-electron chi connectivity index (χ1n) is 13.5. The highest BCUT2D eigenvalue weighted by Gasteiger charge is 2.42. The summed E-state index contributed by atoms with van der Waals surface area (Å²) in [4.78, 5) is 22.2. The molecule has 0 aliphatic carbocycles. The van der Waals surface area contributed by atoms with Gasteiger partial charge in [0.15, 0.2) is 6.29 Å². The van der Waals surface area contributed by atoms with Crippen LogP contribution in [0.3, 0.4) is 0 Å². The quantitative estimate of drug-likeness (QED) is 0.136. The normalized spacial score (nSPS) is 24.4. The highest BCUT2D eigenvalue weighted by Crippen LogP contribution is 2.22. The fraction of sp³-hybridized carbons (Fsp3) is 0.923. The van der Waals surface area contributed by atoms with E-state index in [-0.39, 0.29) is 12.4 Å². The Kier molecular flexibility index (Phi) is 18.0. The summed E-state index contributed by atoms with van der Waals surface area (Å²) in [5.74, 6) is -0.839. The number of aliphatic carboxylic acids is 1. The van der Waals surface area contributed by atoms with Gasteiger partial charge in [-0.2, -0.15) is 0 Å². The van der Waals surface area contributed by atoms with Crippen molar-refractivity contribution in [3.63, 3.8) is 0 Å². The number of esters is 1. The largest absolute Gasteiger partial charge is 0.481 e. The summed E-state index contributed by atoms with van der Waals surface area (Å²) < 4.78 is 16.2. The lowest BCUT2D eigenvalue weighted by molar-refractivity contribution is -0.293. The maximum Gasteiger partial charge on any atom is 0.305 e. The number of ether oxygens (including phenoxy) is 3. The van der Waals surface area contributed by atoms with Gasteiger partial charge in [-0.25, -0.2) is 0 Å². The fourth-order valence-electron chi connectivity index (χ4n) is 4.13. The van der Waals surface area contributed by atoms with Crippen LogP contribution in [0.4, 0.5) is 0 Å². The van der Waals surface area contributed by atoms with Crippen LogP contribution < -0.4 is 0 Å². The maximum absolute atomic E-state index is 11.8. The lowest BCUT2D eigenvalue weighted by Crippen LogP contribution is -2.57. The van der Waals surface area contributed by atoms with E-state index in [1.165, 1.54) is 0 Å². The van der Waals surface area contributed by atoms with Crippen LogP contribution in [0, 0.1) is 0 Å². The first kappa shape index (κ1) is 31.8. The van der Waals surface area contributed by atoms with Gasteiger partial charge in [0.25, 0.3) is 0 Å². The molecule has 1 rings (SSSR count). The van der Waals surface area contributed by atoms with Crippen molar-refractivity contribution in [1.82, 2.24) is 0 Å². The number of carboxylic acids is 1. The van der Waals surface area contributed by atoms with Gasteiger partial charge in [-0.05, 0) is 32.6 Å². The number of rotatable bonds is 21. The van der Waals surface area contributed by atoms with Crippen LogP contribution in [-0.2, 0) is 23.8 Å². The third-order valence-corrected chi connectivity index (χ3v) is 6.41. The van der Waals surface area contributed by atoms with Crippen molar-refractivity contribution in [2.45, 2.75) is 140 Å². The molecule has 0 aromatic carbocycles. The molecule has 35 heavy (non-hydrogen) atoms. The van der Waals surface area contributed by atoms with Crippen LogP contribution in [0.5, 0.6) is 0 Å². The molecule has 9 nitrogen and oxygen atoms in total. The molecule has 1 fully saturated rings. The predicted molar refractivity (Wildman–Crippen MR) is 131 cm³/mol. The summed E-state index contributed by atoms with van der Waals surface area (Å²) in [5.41, 5.74) is 0. The van der Waals surface area contributed by atoms with Gasteiger partial charge in [-0.15, -0.1) is 0 Å². The van der Waals surface area contributed by atoms with Gasteiger partial charge >= 0.3 is 11.9 Å². The number of aliphatic hydroxyl groups is 3. The summed E-state index contributed by atoms with van der Waals surface area (Å²) in [6.07, 6.45) is 9.43. The molecule has 0 spiro atoms. The van der Waals surface area contributed by atoms with Crippen LogP contribution in [-0.4, -0.2) is 76.3 Å². The van der Waals surface area contributed by atoms with Gasteiger partial charge in [0.1, 0.15) is 18.3 Å². The molecule has 9 heteroatoms. The molecule has 0 radical (unpaired) electrons. The molecule has 5 unspecified atom stereocenters. The lowest BCUT2D eigenvalue weighted by atomic mass is 10.00. The summed E-state index contributed by atoms with van der Waals surface area (Å²) in [6.45, 7) is 2.55. The Morgan fingerprint density at radius 3 is 1.71 bits per heavy atom. The molecule has 0 amide bonds. The van der Waals surface area contributed by atoms with Gasteiger partial charge in [0.2, 0.25) is 0 Å². The SMILES string of the molecule is CC1OC(OCCCCCCCCCC(=O)OCCCCCCCCCC(=O)O)C(O)C(O)C1O. The molecule has 0 bridgehead atoms. The first-order chi connectivity index (χ1) is 16.8. The second-order valence-corrected chi connectivity index (χ2v) is 9.62. The van der Waals surface area contributed by atoms with Crippen LogP contribution in [0.1, 0.15) is 110 Å². The van der Waals surface area contributed by atoms with E-state index >= 15 is 0 Å². The van der Waals surface area contributed by atoms with Crippen molar-refractivity contribution in [1.29, 1.82) is 0 Å². The molecule has 1 aliphatic rings. The molecular weight excluding hydrogens is 456 g/mol. The second kappa shape index (κ2) is 19.9. The minimum absolute atomic E-state index is 0.116. The average Bonchev–Trinajstić information content (AvgIpc) is 2.82. The Labute approximate surface area is 210 Å². The second-order valence-electron chi connectivity index (χ2n) is 9.62. The van der Waals surface area contributed by atoms with Gasteiger partial charge in [-0.3, -0.25) is 9.59 Å². The molecule has 1 saturated heterocycles. The van der Waals surface area contributed by atoms with E-state index in [0.29, 0.717) is 19.6 Å². The average molecular weight is 505 g/mol. The number of aliphatic hydroxyl groups excluding tert-OH is 3. The van der Waals surface area contributed by atoms with Crippen LogP contribution in [0.2, 0.25) is 0 Å². The fourth-order valence-corrected chi connectivity index (χ4v) is 4.13. The van der Waals surface area contributed by atoms with Gasteiger partial charge in [-0.1, -0.05) is 64.2 Å². The Morgan fingerprint density at radius 2 is 1.14 bits per heavy atom. The van der Waals surface area contributed by atoms with Gasteiger partial charge in [0.05, 0.1) is 12.7 Å². The van der Waals surface area contributed by atoms with Crippen molar-refractivity contribution < 1.29 is 44.2 Å². The van der Waals surface area contributed by atoms with Crippen molar-refractivity contribution in [3.8, 4) is 0 Å². The van der Waals surface area contributed by atoms with E-state index in [2.05, 4.69) is 0 Å². The van der Waals surface area contributed by atoms with Crippen LogP contribution in [0.15, 0.2) is 0 Å². The summed E-state index contributed by atoms with van der Waals surface area (Å²) in [5, 5.41) is 37.9. The van der Waals surface area contributed by atoms with Gasteiger partial charge in [0, 0.05) is 19.4 Å². The number of hydrogen-bond donors (Lipinski definition) is 4. The van der Waals surface area contributed by atoms with Crippen molar-refractivity contribution in [3.05, 3.63) is 0 Å². The zero-order chi connectivity index (χ0) is 25.9. The summed E-state index contributed by atoms with van der Waals surface area (Å²) in [6, 6.07) is 0. The monoisotopic (exact) mass is 504 g/mol. The van der Waals surface area contributed by atoms with E-state index in [4.69, 9.17) is 19.3 Å². The van der Waals surface area contributed by atoms with E-state index in [1.54, 1.807) is 6.92 Å².